The van der Waals surface area contributed by atoms with Gasteiger partial charge in [0.05, 0.1) is 5.69 Å². The number of hydrogen-bond donors (Lipinski definition) is 1. The van der Waals surface area contributed by atoms with Crippen LogP contribution in [-0.4, -0.2) is 22.2 Å². The maximum absolute atomic E-state index is 12.0. The van der Waals surface area contributed by atoms with Crippen LogP contribution in [0.2, 0.25) is 0 Å². The number of carbonyl (C=O) groups is 1. The topological polar surface area (TPSA) is 46.9 Å². The monoisotopic (exact) mass is 291 g/mol. The molecular formula is C18H17N3O. The van der Waals surface area contributed by atoms with Gasteiger partial charge in [0.25, 0.3) is 5.91 Å². The van der Waals surface area contributed by atoms with Crippen LogP contribution in [0.25, 0.3) is 16.8 Å². The molecule has 4 nitrogen and oxygen atoms in total. The van der Waals surface area contributed by atoms with E-state index < -0.39 is 0 Å². The molecular weight excluding hydrogens is 274 g/mol. The van der Waals surface area contributed by atoms with Gasteiger partial charge in [-0.15, -0.1) is 0 Å². The first-order valence-corrected chi connectivity index (χ1v) is 7.26. The first kappa shape index (κ1) is 14.1. The molecule has 0 aliphatic heterocycles. The fourth-order valence-electron chi connectivity index (χ4n) is 2.35. The average molecular weight is 291 g/mol. The molecule has 3 rings (SSSR count). The summed E-state index contributed by atoms with van der Waals surface area (Å²) in [5.74, 6) is -0.0485. The van der Waals surface area contributed by atoms with E-state index >= 15 is 0 Å². The van der Waals surface area contributed by atoms with Gasteiger partial charge in [0.1, 0.15) is 0 Å². The van der Waals surface area contributed by atoms with Crippen molar-refractivity contribution in [1.82, 2.24) is 15.1 Å². The molecule has 3 aromatic rings. The van der Waals surface area contributed by atoms with Gasteiger partial charge in [0, 0.05) is 24.5 Å². The zero-order chi connectivity index (χ0) is 15.4. The highest BCUT2D eigenvalue weighted by Gasteiger charge is 2.06. The van der Waals surface area contributed by atoms with Crippen molar-refractivity contribution < 1.29 is 4.79 Å². The van der Waals surface area contributed by atoms with Gasteiger partial charge in [-0.05, 0) is 48.4 Å². The average Bonchev–Trinajstić information content (AvgIpc) is 3.10. The first-order chi connectivity index (χ1) is 10.8. The highest BCUT2D eigenvalue weighted by atomic mass is 16.1. The third kappa shape index (κ3) is 2.91. The van der Waals surface area contributed by atoms with Crippen LogP contribution in [0.3, 0.4) is 0 Å². The second-order valence-electron chi connectivity index (χ2n) is 4.94. The lowest BCUT2D eigenvalue weighted by Crippen LogP contribution is -2.22. The van der Waals surface area contributed by atoms with E-state index in [9.17, 15) is 4.79 Å². The fraction of sp³-hybridized carbons (Fsp3) is 0.111. The summed E-state index contributed by atoms with van der Waals surface area (Å²) in [6.45, 7) is 2.53. The van der Waals surface area contributed by atoms with Crippen molar-refractivity contribution in [3.8, 4) is 16.8 Å². The Morgan fingerprint density at radius 2 is 1.86 bits per heavy atom. The third-order valence-corrected chi connectivity index (χ3v) is 3.41. The van der Waals surface area contributed by atoms with Crippen molar-refractivity contribution in [2.24, 2.45) is 0 Å². The van der Waals surface area contributed by atoms with Gasteiger partial charge in [0.15, 0.2) is 0 Å². The van der Waals surface area contributed by atoms with Gasteiger partial charge in [-0.3, -0.25) is 4.79 Å². The second-order valence-corrected chi connectivity index (χ2v) is 4.94. The summed E-state index contributed by atoms with van der Waals surface area (Å²) in [6, 6.07) is 17.6. The largest absolute Gasteiger partial charge is 0.352 e. The van der Waals surface area contributed by atoms with E-state index in [4.69, 9.17) is 0 Å². The zero-order valence-corrected chi connectivity index (χ0v) is 12.4. The molecule has 1 aromatic heterocycles. The van der Waals surface area contributed by atoms with Crippen molar-refractivity contribution in [3.05, 3.63) is 72.6 Å². The number of nitrogens with one attached hydrogen (secondary N) is 1. The van der Waals surface area contributed by atoms with Gasteiger partial charge in [-0.25, -0.2) is 4.68 Å². The number of carbonyl (C=O) groups excluding carboxylic acids is 1. The standard InChI is InChI=1S/C18H17N3O/c1-2-19-18(22)16-8-3-6-14(12-16)15-7-4-9-17(13-15)21-11-5-10-20-21/h3-13H,2H2,1H3,(H,19,22). The summed E-state index contributed by atoms with van der Waals surface area (Å²) in [5.41, 5.74) is 3.73. The van der Waals surface area contributed by atoms with E-state index in [1.54, 1.807) is 6.20 Å². The molecule has 0 fully saturated rings. The van der Waals surface area contributed by atoms with Gasteiger partial charge < -0.3 is 5.32 Å². The predicted molar refractivity (Wildman–Crippen MR) is 87.0 cm³/mol. The Bertz CT molecular complexity index is 779. The molecule has 110 valence electrons. The molecule has 1 heterocycles. The van der Waals surface area contributed by atoms with E-state index in [2.05, 4.69) is 16.5 Å². The Hall–Kier alpha value is -2.88. The minimum absolute atomic E-state index is 0.0485. The molecule has 0 aliphatic rings. The third-order valence-electron chi connectivity index (χ3n) is 3.41. The van der Waals surface area contributed by atoms with E-state index in [1.807, 2.05) is 66.3 Å². The normalized spacial score (nSPS) is 10.4. The van der Waals surface area contributed by atoms with Crippen LogP contribution in [0, 0.1) is 0 Å². The van der Waals surface area contributed by atoms with Crippen LogP contribution in [-0.2, 0) is 0 Å². The molecule has 2 aromatic carbocycles. The lowest BCUT2D eigenvalue weighted by molar-refractivity contribution is 0.0956. The molecule has 0 aliphatic carbocycles. The molecule has 0 saturated carbocycles. The molecule has 0 radical (unpaired) electrons. The minimum Gasteiger partial charge on any atom is -0.352 e. The zero-order valence-electron chi connectivity index (χ0n) is 12.4. The molecule has 0 unspecified atom stereocenters. The van der Waals surface area contributed by atoms with Gasteiger partial charge in [-0.2, -0.15) is 5.10 Å². The maximum Gasteiger partial charge on any atom is 0.251 e. The summed E-state index contributed by atoms with van der Waals surface area (Å²) in [5, 5.41) is 7.07. The number of hydrogen-bond acceptors (Lipinski definition) is 2. The number of benzene rings is 2. The number of nitrogens with zero attached hydrogens (tertiary/aromatic N) is 2. The summed E-state index contributed by atoms with van der Waals surface area (Å²) in [4.78, 5) is 12.0. The molecule has 4 heteroatoms. The van der Waals surface area contributed by atoms with Crippen LogP contribution < -0.4 is 5.32 Å². The Kier molecular flexibility index (Phi) is 4.01. The van der Waals surface area contributed by atoms with Crippen LogP contribution in [0.4, 0.5) is 0 Å². The Balaban J connectivity index is 1.96. The smallest absolute Gasteiger partial charge is 0.251 e. The van der Waals surface area contributed by atoms with Crippen molar-refractivity contribution >= 4 is 5.91 Å². The van der Waals surface area contributed by atoms with E-state index in [1.165, 1.54) is 0 Å². The fourth-order valence-corrected chi connectivity index (χ4v) is 2.35. The number of aromatic nitrogens is 2. The second kappa shape index (κ2) is 6.26. The molecule has 0 atom stereocenters. The van der Waals surface area contributed by atoms with Crippen molar-refractivity contribution in [2.75, 3.05) is 6.54 Å². The van der Waals surface area contributed by atoms with E-state index in [0.29, 0.717) is 12.1 Å². The molecule has 1 N–H and O–H groups in total. The van der Waals surface area contributed by atoms with Gasteiger partial charge >= 0.3 is 0 Å². The Labute approximate surface area is 129 Å². The molecule has 0 saturated heterocycles. The summed E-state index contributed by atoms with van der Waals surface area (Å²) in [6.07, 6.45) is 3.66. The van der Waals surface area contributed by atoms with Crippen LogP contribution in [0.15, 0.2) is 67.0 Å². The van der Waals surface area contributed by atoms with Crippen LogP contribution >= 0.6 is 0 Å². The molecule has 1 amide bonds. The maximum atomic E-state index is 12.0. The van der Waals surface area contributed by atoms with E-state index in [0.717, 1.165) is 16.8 Å². The number of rotatable bonds is 4. The summed E-state index contributed by atoms with van der Waals surface area (Å²) in [7, 11) is 0. The van der Waals surface area contributed by atoms with Gasteiger partial charge in [0.2, 0.25) is 0 Å². The lowest BCUT2D eigenvalue weighted by Gasteiger charge is -2.08. The Morgan fingerprint density at radius 1 is 1.09 bits per heavy atom. The molecule has 0 bridgehead atoms. The minimum atomic E-state index is -0.0485. The number of amides is 1. The predicted octanol–water partition coefficient (Wildman–Crippen LogP) is 3.29. The Morgan fingerprint density at radius 3 is 2.59 bits per heavy atom. The van der Waals surface area contributed by atoms with Crippen molar-refractivity contribution in [3.63, 3.8) is 0 Å². The lowest BCUT2D eigenvalue weighted by atomic mass is 10.0. The quantitative estimate of drug-likeness (QED) is 0.802. The summed E-state index contributed by atoms with van der Waals surface area (Å²) < 4.78 is 1.82. The van der Waals surface area contributed by atoms with Crippen molar-refractivity contribution in [2.45, 2.75) is 6.92 Å². The SMILES string of the molecule is CCNC(=O)c1cccc(-c2cccc(-n3cccn3)c2)c1. The summed E-state index contributed by atoms with van der Waals surface area (Å²) >= 11 is 0. The van der Waals surface area contributed by atoms with Crippen molar-refractivity contribution in [1.29, 1.82) is 0 Å². The van der Waals surface area contributed by atoms with Gasteiger partial charge in [-0.1, -0.05) is 24.3 Å². The highest BCUT2D eigenvalue weighted by molar-refractivity contribution is 5.95. The highest BCUT2D eigenvalue weighted by Crippen LogP contribution is 2.23. The van der Waals surface area contributed by atoms with Crippen LogP contribution in [0.1, 0.15) is 17.3 Å². The molecule has 22 heavy (non-hydrogen) atoms. The first-order valence-electron chi connectivity index (χ1n) is 7.26. The van der Waals surface area contributed by atoms with Crippen LogP contribution in [0.5, 0.6) is 0 Å². The van der Waals surface area contributed by atoms with E-state index in [-0.39, 0.29) is 5.91 Å². The molecule has 0 spiro atoms.